The van der Waals surface area contributed by atoms with Gasteiger partial charge in [0, 0.05) is 13.1 Å². The van der Waals surface area contributed by atoms with Gasteiger partial charge in [-0.15, -0.1) is 0 Å². The number of alkyl halides is 6. The number of hydrogen-bond acceptors (Lipinski definition) is 3. The fourth-order valence-electron chi connectivity index (χ4n) is 3.87. The van der Waals surface area contributed by atoms with Crippen molar-refractivity contribution in [3.63, 3.8) is 0 Å². The molecule has 36 heavy (non-hydrogen) atoms. The Bertz CT molecular complexity index is 1090. The summed E-state index contributed by atoms with van der Waals surface area (Å²) in [5, 5.41) is 2.69. The molecule has 0 radical (unpaired) electrons. The quantitative estimate of drug-likeness (QED) is 0.478. The van der Waals surface area contributed by atoms with Gasteiger partial charge in [-0.25, -0.2) is 4.79 Å². The van der Waals surface area contributed by atoms with Crippen LogP contribution >= 0.6 is 0 Å². The molecule has 0 saturated carbocycles. The molecule has 0 aromatic heterocycles. The maximum atomic E-state index is 13.2. The summed E-state index contributed by atoms with van der Waals surface area (Å²) < 4.78 is 84.6. The molecule has 1 aliphatic rings. The van der Waals surface area contributed by atoms with Crippen molar-refractivity contribution >= 4 is 12.0 Å². The molecule has 1 fully saturated rings. The van der Waals surface area contributed by atoms with Crippen LogP contribution in [0.3, 0.4) is 0 Å². The van der Waals surface area contributed by atoms with Gasteiger partial charge < -0.3 is 10.1 Å². The van der Waals surface area contributed by atoms with E-state index in [1.165, 1.54) is 23.1 Å². The average Bonchev–Trinajstić information content (AvgIpc) is 3.25. The molecule has 1 aliphatic heterocycles. The predicted molar refractivity (Wildman–Crippen MR) is 120 cm³/mol. The summed E-state index contributed by atoms with van der Waals surface area (Å²) in [6.45, 7) is 5.47. The number of rotatable bonds is 4. The Hall–Kier alpha value is -3.24. The predicted octanol–water partition coefficient (Wildman–Crippen LogP) is 6.41. The van der Waals surface area contributed by atoms with E-state index in [9.17, 15) is 35.9 Å². The van der Waals surface area contributed by atoms with Gasteiger partial charge in [0.1, 0.15) is 11.6 Å². The Labute approximate surface area is 204 Å². The van der Waals surface area contributed by atoms with Crippen molar-refractivity contribution in [1.29, 1.82) is 0 Å². The molecule has 1 atom stereocenters. The number of carbonyl (C=O) groups excluding carboxylic acids is 2. The van der Waals surface area contributed by atoms with Gasteiger partial charge in [0.2, 0.25) is 5.91 Å². The van der Waals surface area contributed by atoms with E-state index in [4.69, 9.17) is 4.74 Å². The summed E-state index contributed by atoms with van der Waals surface area (Å²) in [6.07, 6.45) is -9.46. The van der Waals surface area contributed by atoms with Crippen molar-refractivity contribution in [1.82, 2.24) is 10.2 Å². The van der Waals surface area contributed by atoms with Gasteiger partial charge in [-0.2, -0.15) is 26.3 Å². The van der Waals surface area contributed by atoms with E-state index in [-0.39, 0.29) is 23.7 Å². The fourth-order valence-corrected chi connectivity index (χ4v) is 3.87. The standard InChI is InChI=1S/C25H26F6N2O3/c1-23(2,3)36-22(35)33-9-5-8-20(33)21(34)32-14-15-6-4-7-16(10-15)17-11-18(24(26,27)28)13-19(12-17)25(29,30)31/h4,6-7,10-13,20H,5,8-9,14H2,1-3H3,(H,32,34). The number of ether oxygens (including phenoxy) is 1. The highest BCUT2D eigenvalue weighted by Gasteiger charge is 2.38. The minimum atomic E-state index is -4.96. The molecule has 1 unspecified atom stereocenters. The van der Waals surface area contributed by atoms with Gasteiger partial charge in [-0.05, 0) is 74.6 Å². The number of likely N-dealkylation sites (tertiary alicyclic amines) is 1. The third-order valence-electron chi connectivity index (χ3n) is 5.50. The zero-order valence-electron chi connectivity index (χ0n) is 19.9. The van der Waals surface area contributed by atoms with Gasteiger partial charge >= 0.3 is 18.4 Å². The van der Waals surface area contributed by atoms with E-state index in [1.807, 2.05) is 0 Å². The number of nitrogens with one attached hydrogen (secondary N) is 1. The molecular formula is C25H26F6N2O3. The van der Waals surface area contributed by atoms with Crippen molar-refractivity contribution < 1.29 is 40.7 Å². The zero-order valence-corrected chi connectivity index (χ0v) is 19.9. The van der Waals surface area contributed by atoms with Crippen LogP contribution in [-0.2, 0) is 28.4 Å². The van der Waals surface area contributed by atoms with Gasteiger partial charge in [-0.3, -0.25) is 9.69 Å². The maximum absolute atomic E-state index is 13.2. The van der Waals surface area contributed by atoms with Crippen molar-refractivity contribution in [2.75, 3.05) is 6.54 Å². The summed E-state index contributed by atoms with van der Waals surface area (Å²) in [7, 11) is 0. The molecule has 2 amide bonds. The van der Waals surface area contributed by atoms with Gasteiger partial charge in [-0.1, -0.05) is 18.2 Å². The largest absolute Gasteiger partial charge is 0.444 e. The molecule has 3 rings (SSSR count). The molecule has 2 aromatic rings. The van der Waals surface area contributed by atoms with Crippen LogP contribution < -0.4 is 5.32 Å². The summed E-state index contributed by atoms with van der Waals surface area (Å²) >= 11 is 0. The molecule has 0 spiro atoms. The Morgan fingerprint density at radius 3 is 2.11 bits per heavy atom. The molecule has 0 bridgehead atoms. The number of nitrogens with zero attached hydrogens (tertiary/aromatic N) is 1. The smallest absolute Gasteiger partial charge is 0.416 e. The van der Waals surface area contributed by atoms with Crippen molar-refractivity contribution in [3.8, 4) is 11.1 Å². The number of benzene rings is 2. The van der Waals surface area contributed by atoms with Crippen LogP contribution in [0.2, 0.25) is 0 Å². The number of carbonyl (C=O) groups is 2. The van der Waals surface area contributed by atoms with E-state index in [0.29, 0.717) is 37.1 Å². The molecule has 1 saturated heterocycles. The Balaban J connectivity index is 1.77. The first-order chi connectivity index (χ1) is 16.5. The molecule has 2 aromatic carbocycles. The zero-order chi connectivity index (χ0) is 26.9. The second kappa shape index (κ2) is 10.0. The van der Waals surface area contributed by atoms with Crippen molar-refractivity contribution in [3.05, 3.63) is 59.2 Å². The van der Waals surface area contributed by atoms with Crippen LogP contribution in [0.25, 0.3) is 11.1 Å². The van der Waals surface area contributed by atoms with Crippen LogP contribution in [0.5, 0.6) is 0 Å². The maximum Gasteiger partial charge on any atom is 0.416 e. The first kappa shape index (κ1) is 27.3. The third kappa shape index (κ3) is 6.92. The lowest BCUT2D eigenvalue weighted by atomic mass is 9.97. The summed E-state index contributed by atoms with van der Waals surface area (Å²) in [5.41, 5.74) is -3.19. The summed E-state index contributed by atoms with van der Waals surface area (Å²) in [5.74, 6) is -0.429. The number of amides is 2. The lowest BCUT2D eigenvalue weighted by Gasteiger charge is -2.28. The third-order valence-corrected chi connectivity index (χ3v) is 5.50. The van der Waals surface area contributed by atoms with Gasteiger partial charge in [0.25, 0.3) is 0 Å². The first-order valence-electron chi connectivity index (χ1n) is 11.2. The number of halogens is 6. The van der Waals surface area contributed by atoms with Crippen molar-refractivity contribution in [2.45, 2.75) is 64.2 Å². The highest BCUT2D eigenvalue weighted by molar-refractivity contribution is 5.86. The lowest BCUT2D eigenvalue weighted by Crippen LogP contribution is -2.47. The second-order valence-corrected chi connectivity index (χ2v) is 9.54. The number of hydrogen-bond donors (Lipinski definition) is 1. The topological polar surface area (TPSA) is 58.6 Å². The molecular weight excluding hydrogens is 490 g/mol. The highest BCUT2D eigenvalue weighted by atomic mass is 19.4. The minimum absolute atomic E-state index is 0.0313. The van der Waals surface area contributed by atoms with Crippen LogP contribution in [0, 0.1) is 0 Å². The van der Waals surface area contributed by atoms with Crippen LogP contribution in [0.15, 0.2) is 42.5 Å². The van der Waals surface area contributed by atoms with E-state index >= 15 is 0 Å². The molecule has 0 aliphatic carbocycles. The van der Waals surface area contributed by atoms with E-state index < -0.39 is 47.1 Å². The highest BCUT2D eigenvalue weighted by Crippen LogP contribution is 2.38. The molecule has 5 nitrogen and oxygen atoms in total. The van der Waals surface area contributed by atoms with Crippen molar-refractivity contribution in [2.24, 2.45) is 0 Å². The van der Waals surface area contributed by atoms with Gasteiger partial charge in [0.05, 0.1) is 11.1 Å². The van der Waals surface area contributed by atoms with E-state index in [0.717, 1.165) is 0 Å². The fraction of sp³-hybridized carbons (Fsp3) is 0.440. The van der Waals surface area contributed by atoms with Crippen LogP contribution in [-0.4, -0.2) is 35.1 Å². The van der Waals surface area contributed by atoms with Gasteiger partial charge in [0.15, 0.2) is 0 Å². The average molecular weight is 516 g/mol. The second-order valence-electron chi connectivity index (χ2n) is 9.54. The molecule has 1 heterocycles. The lowest BCUT2D eigenvalue weighted by molar-refractivity contribution is -0.143. The van der Waals surface area contributed by atoms with E-state index in [2.05, 4.69) is 5.32 Å². The van der Waals surface area contributed by atoms with Crippen LogP contribution in [0.1, 0.15) is 50.3 Å². The monoisotopic (exact) mass is 516 g/mol. The van der Waals surface area contributed by atoms with Crippen LogP contribution in [0.4, 0.5) is 31.1 Å². The Kier molecular flexibility index (Phi) is 7.61. The Morgan fingerprint density at radius 1 is 0.944 bits per heavy atom. The SMILES string of the molecule is CC(C)(C)OC(=O)N1CCCC1C(=O)NCc1cccc(-c2cc(C(F)(F)F)cc(C(F)(F)F)c2)c1. The summed E-state index contributed by atoms with van der Waals surface area (Å²) in [4.78, 5) is 26.5. The summed E-state index contributed by atoms with van der Waals surface area (Å²) in [6, 6.07) is 6.52. The van der Waals surface area contributed by atoms with E-state index in [1.54, 1.807) is 26.8 Å². The minimum Gasteiger partial charge on any atom is -0.444 e. The molecule has 1 N–H and O–H groups in total. The molecule has 11 heteroatoms. The Morgan fingerprint density at radius 2 is 1.56 bits per heavy atom. The molecule has 196 valence electrons. The normalized spacial score (nSPS) is 16.7. The first-order valence-corrected chi connectivity index (χ1v) is 11.2.